The molecule has 1 spiro atoms. The van der Waals surface area contributed by atoms with Gasteiger partial charge < -0.3 is 14.2 Å². The standard InChI is InChI=1S/C32H41F3N2O3.C2H6S/c1-29(2,3)39-23-17-30(4,5)16-22-24(23)26-25(27(37-22)19-10-14-38-15-11-19)28(40-31(26)12-6-7-13-31)21-9-8-20(18-36-21)32(33,34)35;1-3-2/h8-9,18-19,23,28H,6-7,10-17H2,1-5H3;1-2H3. The highest BCUT2D eigenvalue weighted by atomic mass is 32.2. The zero-order chi connectivity index (χ0) is 31.2. The number of fused-ring (bicyclic) bond motifs is 4. The Balaban J connectivity index is 0.00000118. The van der Waals surface area contributed by atoms with Crippen LogP contribution < -0.4 is 0 Å². The first kappa shape index (κ1) is 32.7. The van der Waals surface area contributed by atoms with Crippen molar-refractivity contribution in [2.75, 3.05) is 25.7 Å². The number of nitrogens with zero attached hydrogens (tertiary/aromatic N) is 2. The van der Waals surface area contributed by atoms with Crippen LogP contribution in [0.25, 0.3) is 0 Å². The minimum absolute atomic E-state index is 0.0216. The highest BCUT2D eigenvalue weighted by molar-refractivity contribution is 7.97. The zero-order valence-corrected chi connectivity index (χ0v) is 27.5. The van der Waals surface area contributed by atoms with Crippen LogP contribution in [-0.4, -0.2) is 41.3 Å². The monoisotopic (exact) mass is 620 g/mol. The minimum atomic E-state index is -4.44. The van der Waals surface area contributed by atoms with Gasteiger partial charge >= 0.3 is 6.18 Å². The number of pyridine rings is 2. The Morgan fingerprint density at radius 1 is 1.00 bits per heavy atom. The van der Waals surface area contributed by atoms with Crippen LogP contribution in [0.3, 0.4) is 0 Å². The largest absolute Gasteiger partial charge is 0.417 e. The fourth-order valence-electron chi connectivity index (χ4n) is 7.45. The molecule has 2 unspecified atom stereocenters. The Hall–Kier alpha value is -1.68. The van der Waals surface area contributed by atoms with Crippen molar-refractivity contribution in [1.29, 1.82) is 0 Å². The lowest BCUT2D eigenvalue weighted by molar-refractivity contribution is -0.137. The quantitative estimate of drug-likeness (QED) is 0.341. The van der Waals surface area contributed by atoms with Gasteiger partial charge in [0.15, 0.2) is 0 Å². The first-order chi connectivity index (χ1) is 20.2. The summed E-state index contributed by atoms with van der Waals surface area (Å²) in [6.45, 7) is 12.2. The van der Waals surface area contributed by atoms with E-state index in [1.165, 1.54) is 11.6 Å². The molecule has 0 N–H and O–H groups in total. The van der Waals surface area contributed by atoms with Crippen molar-refractivity contribution in [2.45, 2.75) is 121 Å². The summed E-state index contributed by atoms with van der Waals surface area (Å²) in [6, 6.07) is 2.61. The molecule has 0 radical (unpaired) electrons. The molecule has 2 aromatic heterocycles. The number of alkyl halides is 3. The molecule has 1 saturated carbocycles. The lowest BCUT2D eigenvalue weighted by Gasteiger charge is -2.42. The molecule has 2 aromatic rings. The Labute approximate surface area is 259 Å². The molecule has 5 nitrogen and oxygen atoms in total. The summed E-state index contributed by atoms with van der Waals surface area (Å²) >= 11 is 1.75. The van der Waals surface area contributed by atoms with Crippen molar-refractivity contribution in [1.82, 2.24) is 9.97 Å². The molecule has 2 fully saturated rings. The molecule has 4 heterocycles. The van der Waals surface area contributed by atoms with Crippen LogP contribution >= 0.6 is 11.8 Å². The molecule has 1 saturated heterocycles. The third kappa shape index (κ3) is 6.80. The molecule has 2 aliphatic heterocycles. The lowest BCUT2D eigenvalue weighted by atomic mass is 9.70. The predicted molar refractivity (Wildman–Crippen MR) is 164 cm³/mol. The Morgan fingerprint density at radius 2 is 1.65 bits per heavy atom. The van der Waals surface area contributed by atoms with E-state index in [1.54, 1.807) is 11.8 Å². The van der Waals surface area contributed by atoms with Gasteiger partial charge in [0.2, 0.25) is 0 Å². The van der Waals surface area contributed by atoms with E-state index in [0.717, 1.165) is 86.1 Å². The van der Waals surface area contributed by atoms with Crippen molar-refractivity contribution in [3.05, 3.63) is 57.7 Å². The van der Waals surface area contributed by atoms with E-state index >= 15 is 0 Å². The van der Waals surface area contributed by atoms with E-state index in [-0.39, 0.29) is 23.0 Å². The van der Waals surface area contributed by atoms with Crippen LogP contribution in [-0.2, 0) is 32.4 Å². The number of aromatic nitrogens is 2. The smallest absolute Gasteiger partial charge is 0.381 e. The number of thioether (sulfide) groups is 1. The average Bonchev–Trinajstić information content (AvgIpc) is 3.52. The second kappa shape index (κ2) is 12.3. The van der Waals surface area contributed by atoms with Crippen LogP contribution in [0.15, 0.2) is 18.3 Å². The van der Waals surface area contributed by atoms with Gasteiger partial charge in [-0.15, -0.1) is 0 Å². The zero-order valence-electron chi connectivity index (χ0n) is 26.7. The molecule has 2 aliphatic carbocycles. The van der Waals surface area contributed by atoms with Crippen LogP contribution in [0, 0.1) is 5.41 Å². The number of ether oxygens (including phenoxy) is 3. The van der Waals surface area contributed by atoms with Crippen molar-refractivity contribution < 1.29 is 27.4 Å². The van der Waals surface area contributed by atoms with Gasteiger partial charge in [-0.05, 0) is 94.9 Å². The molecule has 0 amide bonds. The first-order valence-corrected chi connectivity index (χ1v) is 17.2. The van der Waals surface area contributed by atoms with Gasteiger partial charge in [-0.1, -0.05) is 26.7 Å². The second-order valence-electron chi connectivity index (χ2n) is 14.4. The van der Waals surface area contributed by atoms with Gasteiger partial charge in [0, 0.05) is 42.1 Å². The number of hydrogen-bond donors (Lipinski definition) is 0. The second-order valence-corrected chi connectivity index (χ2v) is 15.2. The van der Waals surface area contributed by atoms with Gasteiger partial charge in [0.05, 0.1) is 34.3 Å². The maximum atomic E-state index is 13.4. The summed E-state index contributed by atoms with van der Waals surface area (Å²) < 4.78 is 59.8. The molecule has 6 rings (SSSR count). The van der Waals surface area contributed by atoms with Crippen LogP contribution in [0.2, 0.25) is 0 Å². The van der Waals surface area contributed by atoms with E-state index in [4.69, 9.17) is 19.2 Å². The molecule has 9 heteroatoms. The third-order valence-corrected chi connectivity index (χ3v) is 9.05. The minimum Gasteiger partial charge on any atom is -0.381 e. The maximum absolute atomic E-state index is 13.4. The maximum Gasteiger partial charge on any atom is 0.417 e. The molecule has 43 heavy (non-hydrogen) atoms. The molecule has 238 valence electrons. The van der Waals surface area contributed by atoms with Crippen LogP contribution in [0.4, 0.5) is 13.2 Å². The topological polar surface area (TPSA) is 53.5 Å². The van der Waals surface area contributed by atoms with E-state index in [9.17, 15) is 13.2 Å². The number of hydrogen-bond acceptors (Lipinski definition) is 6. The van der Waals surface area contributed by atoms with Gasteiger partial charge in [0.1, 0.15) is 6.10 Å². The molecular weight excluding hydrogens is 573 g/mol. The Morgan fingerprint density at radius 3 is 2.21 bits per heavy atom. The first-order valence-electron chi connectivity index (χ1n) is 15.6. The van der Waals surface area contributed by atoms with Gasteiger partial charge in [-0.25, -0.2) is 0 Å². The lowest BCUT2D eigenvalue weighted by Crippen LogP contribution is -2.36. The van der Waals surface area contributed by atoms with Gasteiger partial charge in [-0.3, -0.25) is 9.97 Å². The van der Waals surface area contributed by atoms with Crippen LogP contribution in [0.1, 0.15) is 137 Å². The molecular formula is C34H47F3N2O3S. The third-order valence-electron chi connectivity index (χ3n) is 9.05. The van der Waals surface area contributed by atoms with Crippen molar-refractivity contribution in [2.24, 2.45) is 5.41 Å². The van der Waals surface area contributed by atoms with Gasteiger partial charge in [-0.2, -0.15) is 24.9 Å². The fourth-order valence-corrected chi connectivity index (χ4v) is 7.45. The number of rotatable bonds is 3. The molecule has 4 aliphatic rings. The summed E-state index contributed by atoms with van der Waals surface area (Å²) in [5.74, 6) is 0.205. The van der Waals surface area contributed by atoms with Crippen molar-refractivity contribution in [3.63, 3.8) is 0 Å². The summed E-state index contributed by atoms with van der Waals surface area (Å²) in [6.07, 6.45) is 7.21. The van der Waals surface area contributed by atoms with E-state index in [1.807, 2.05) is 12.5 Å². The van der Waals surface area contributed by atoms with E-state index in [0.29, 0.717) is 18.9 Å². The highest BCUT2D eigenvalue weighted by Gasteiger charge is 2.54. The summed E-state index contributed by atoms with van der Waals surface area (Å²) in [7, 11) is 0. The Kier molecular flexibility index (Phi) is 9.32. The SMILES string of the molecule is CC1(C)Cc2nc(C3CCOCC3)c3c(c2C(OC(C)(C)C)C1)C1(CCCC1)OC3c1ccc(C(F)(F)F)cn1.CSC. The van der Waals surface area contributed by atoms with Crippen LogP contribution in [0.5, 0.6) is 0 Å². The Bertz CT molecular complexity index is 1280. The predicted octanol–water partition coefficient (Wildman–Crippen LogP) is 9.09. The highest BCUT2D eigenvalue weighted by Crippen LogP contribution is 2.60. The van der Waals surface area contributed by atoms with Gasteiger partial charge in [0.25, 0.3) is 0 Å². The normalized spacial score (nSPS) is 24.8. The average molecular weight is 621 g/mol. The van der Waals surface area contributed by atoms with Crippen molar-refractivity contribution in [3.8, 4) is 0 Å². The van der Waals surface area contributed by atoms with E-state index < -0.39 is 23.4 Å². The molecule has 0 aromatic carbocycles. The number of halogens is 3. The summed E-state index contributed by atoms with van der Waals surface area (Å²) in [5.41, 5.74) is 4.45. The molecule has 0 bridgehead atoms. The summed E-state index contributed by atoms with van der Waals surface area (Å²) in [4.78, 5) is 9.80. The molecule has 2 atom stereocenters. The van der Waals surface area contributed by atoms with E-state index in [2.05, 4.69) is 39.6 Å². The fraction of sp³-hybridized carbons (Fsp3) is 0.706. The van der Waals surface area contributed by atoms with Crippen molar-refractivity contribution >= 4 is 11.8 Å². The summed E-state index contributed by atoms with van der Waals surface area (Å²) in [5, 5.41) is 0.